The molecule has 0 aromatic heterocycles. The van der Waals surface area contributed by atoms with Crippen molar-refractivity contribution in [3.05, 3.63) is 23.3 Å². The summed E-state index contributed by atoms with van der Waals surface area (Å²) >= 11 is 0. The molecule has 0 saturated heterocycles. The van der Waals surface area contributed by atoms with E-state index in [0.717, 1.165) is 18.6 Å². The molecule has 0 aliphatic heterocycles. The van der Waals surface area contributed by atoms with Gasteiger partial charge in [0.1, 0.15) is 0 Å². The molecule has 0 radical (unpaired) electrons. The second kappa shape index (κ2) is 6.61. The van der Waals surface area contributed by atoms with Crippen LogP contribution in [0.5, 0.6) is 11.5 Å². The molecule has 1 atom stereocenters. The standard InChI is InChI=1S/C15H21NO4/c1-2-19-13-8-10-6-12(16)7-11(10)9-14(13)20-5-3-4-15(17)18/h8-9,12H,2-7,16H2,1H3,(H,17,18). The van der Waals surface area contributed by atoms with Crippen LogP contribution in [0.4, 0.5) is 0 Å². The third-order valence-electron chi connectivity index (χ3n) is 3.32. The van der Waals surface area contributed by atoms with Crippen LogP contribution in [0, 0.1) is 0 Å². The van der Waals surface area contributed by atoms with Crippen molar-refractivity contribution in [2.24, 2.45) is 5.73 Å². The maximum Gasteiger partial charge on any atom is 0.303 e. The van der Waals surface area contributed by atoms with Gasteiger partial charge in [0, 0.05) is 12.5 Å². The maximum absolute atomic E-state index is 10.5. The molecule has 0 amide bonds. The monoisotopic (exact) mass is 279 g/mol. The van der Waals surface area contributed by atoms with Gasteiger partial charge in [-0.3, -0.25) is 4.79 Å². The number of benzene rings is 1. The van der Waals surface area contributed by atoms with Crippen molar-refractivity contribution in [1.82, 2.24) is 0 Å². The Bertz CT molecular complexity index is 487. The first kappa shape index (κ1) is 14.7. The minimum Gasteiger partial charge on any atom is -0.490 e. The number of fused-ring (bicyclic) bond motifs is 1. The van der Waals surface area contributed by atoms with Gasteiger partial charge in [0.2, 0.25) is 0 Å². The lowest BCUT2D eigenvalue weighted by atomic mass is 10.1. The summed E-state index contributed by atoms with van der Waals surface area (Å²) in [4.78, 5) is 10.5. The first-order chi connectivity index (χ1) is 9.60. The second-order valence-electron chi connectivity index (χ2n) is 5.01. The van der Waals surface area contributed by atoms with Gasteiger partial charge in [-0.15, -0.1) is 0 Å². The van der Waals surface area contributed by atoms with Gasteiger partial charge in [0.25, 0.3) is 0 Å². The van der Waals surface area contributed by atoms with Crippen molar-refractivity contribution in [3.63, 3.8) is 0 Å². The number of carbonyl (C=O) groups is 1. The average molecular weight is 279 g/mol. The van der Waals surface area contributed by atoms with Crippen LogP contribution in [0.3, 0.4) is 0 Å². The molecule has 20 heavy (non-hydrogen) atoms. The lowest BCUT2D eigenvalue weighted by Gasteiger charge is -2.13. The molecular formula is C15H21NO4. The Morgan fingerprint density at radius 2 is 1.90 bits per heavy atom. The summed E-state index contributed by atoms with van der Waals surface area (Å²) < 4.78 is 11.3. The summed E-state index contributed by atoms with van der Waals surface area (Å²) in [5, 5.41) is 8.61. The number of carboxylic acids is 1. The van der Waals surface area contributed by atoms with Crippen LogP contribution >= 0.6 is 0 Å². The largest absolute Gasteiger partial charge is 0.490 e. The predicted molar refractivity (Wildman–Crippen MR) is 75.4 cm³/mol. The number of aliphatic carboxylic acids is 1. The fourth-order valence-electron chi connectivity index (χ4n) is 2.45. The molecule has 5 nitrogen and oxygen atoms in total. The topological polar surface area (TPSA) is 81.8 Å². The van der Waals surface area contributed by atoms with Gasteiger partial charge in [-0.25, -0.2) is 0 Å². The fourth-order valence-corrected chi connectivity index (χ4v) is 2.45. The van der Waals surface area contributed by atoms with Gasteiger partial charge in [0.15, 0.2) is 11.5 Å². The van der Waals surface area contributed by atoms with Gasteiger partial charge in [0.05, 0.1) is 13.2 Å². The molecule has 0 spiro atoms. The molecule has 0 fully saturated rings. The second-order valence-corrected chi connectivity index (χ2v) is 5.01. The van der Waals surface area contributed by atoms with E-state index in [2.05, 4.69) is 0 Å². The SMILES string of the molecule is CCOc1cc2c(cc1OCCCC(=O)O)CC(N)C2. The van der Waals surface area contributed by atoms with Gasteiger partial charge in [-0.05, 0) is 49.4 Å². The van der Waals surface area contributed by atoms with Crippen molar-refractivity contribution in [3.8, 4) is 11.5 Å². The highest BCUT2D eigenvalue weighted by atomic mass is 16.5. The third kappa shape index (κ3) is 3.63. The zero-order chi connectivity index (χ0) is 14.5. The van der Waals surface area contributed by atoms with E-state index in [1.54, 1.807) is 0 Å². The number of carboxylic acid groups (broad SMARTS) is 1. The van der Waals surface area contributed by atoms with Crippen LogP contribution in [0.15, 0.2) is 12.1 Å². The maximum atomic E-state index is 10.5. The smallest absolute Gasteiger partial charge is 0.303 e. The highest BCUT2D eigenvalue weighted by molar-refractivity contribution is 5.66. The molecule has 1 unspecified atom stereocenters. The Labute approximate surface area is 118 Å². The van der Waals surface area contributed by atoms with Crippen LogP contribution < -0.4 is 15.2 Å². The number of rotatable bonds is 7. The van der Waals surface area contributed by atoms with Gasteiger partial charge in [-0.2, -0.15) is 0 Å². The lowest BCUT2D eigenvalue weighted by molar-refractivity contribution is -0.137. The molecule has 1 aliphatic rings. The van der Waals surface area contributed by atoms with Gasteiger partial charge in [-0.1, -0.05) is 0 Å². The fraction of sp³-hybridized carbons (Fsp3) is 0.533. The Kier molecular flexibility index (Phi) is 4.84. The normalized spacial score (nSPS) is 16.8. The van der Waals surface area contributed by atoms with Gasteiger partial charge < -0.3 is 20.3 Å². The quantitative estimate of drug-likeness (QED) is 0.743. The molecule has 110 valence electrons. The molecule has 5 heteroatoms. The molecule has 2 rings (SSSR count). The van der Waals surface area contributed by atoms with Crippen molar-refractivity contribution in [2.45, 2.75) is 38.6 Å². The van der Waals surface area contributed by atoms with Crippen molar-refractivity contribution in [2.75, 3.05) is 13.2 Å². The highest BCUT2D eigenvalue weighted by Gasteiger charge is 2.21. The van der Waals surface area contributed by atoms with E-state index in [9.17, 15) is 4.79 Å². The van der Waals surface area contributed by atoms with E-state index < -0.39 is 5.97 Å². The van der Waals surface area contributed by atoms with E-state index in [4.69, 9.17) is 20.3 Å². The van der Waals surface area contributed by atoms with E-state index >= 15 is 0 Å². The zero-order valence-electron chi connectivity index (χ0n) is 11.7. The summed E-state index contributed by atoms with van der Waals surface area (Å²) in [6.07, 6.45) is 2.32. The first-order valence-corrected chi connectivity index (χ1v) is 6.99. The zero-order valence-corrected chi connectivity index (χ0v) is 11.7. The van der Waals surface area contributed by atoms with E-state index in [0.29, 0.717) is 25.4 Å². The predicted octanol–water partition coefficient (Wildman–Crippen LogP) is 1.75. The minimum absolute atomic E-state index is 0.111. The Morgan fingerprint density at radius 1 is 1.30 bits per heavy atom. The summed E-state index contributed by atoms with van der Waals surface area (Å²) in [6.45, 7) is 2.86. The number of hydrogen-bond acceptors (Lipinski definition) is 4. The summed E-state index contributed by atoms with van der Waals surface area (Å²) in [6, 6.07) is 4.15. The summed E-state index contributed by atoms with van der Waals surface area (Å²) in [5.74, 6) is 0.597. The molecule has 3 N–H and O–H groups in total. The van der Waals surface area contributed by atoms with Crippen LogP contribution in [0.25, 0.3) is 0 Å². The molecule has 0 bridgehead atoms. The van der Waals surface area contributed by atoms with Crippen LogP contribution in [-0.2, 0) is 17.6 Å². The Balaban J connectivity index is 2.06. The number of nitrogens with two attached hydrogens (primary N) is 1. The Morgan fingerprint density at radius 3 is 2.45 bits per heavy atom. The first-order valence-electron chi connectivity index (χ1n) is 6.99. The average Bonchev–Trinajstić information content (AvgIpc) is 2.74. The number of ether oxygens (including phenoxy) is 2. The lowest BCUT2D eigenvalue weighted by Crippen LogP contribution is -2.18. The van der Waals surface area contributed by atoms with Crippen LogP contribution in [0.2, 0.25) is 0 Å². The molecule has 0 saturated carbocycles. The van der Waals surface area contributed by atoms with Crippen molar-refractivity contribution in [1.29, 1.82) is 0 Å². The molecule has 1 aromatic rings. The van der Waals surface area contributed by atoms with E-state index in [1.807, 2.05) is 19.1 Å². The third-order valence-corrected chi connectivity index (χ3v) is 3.32. The van der Waals surface area contributed by atoms with Crippen LogP contribution in [0.1, 0.15) is 30.9 Å². The van der Waals surface area contributed by atoms with E-state index in [1.165, 1.54) is 11.1 Å². The highest BCUT2D eigenvalue weighted by Crippen LogP contribution is 2.35. The minimum atomic E-state index is -0.807. The van der Waals surface area contributed by atoms with Crippen molar-refractivity contribution < 1.29 is 19.4 Å². The molecule has 0 heterocycles. The van der Waals surface area contributed by atoms with Crippen molar-refractivity contribution >= 4 is 5.97 Å². The van der Waals surface area contributed by atoms with Gasteiger partial charge >= 0.3 is 5.97 Å². The molecule has 1 aromatic carbocycles. The summed E-state index contributed by atoms with van der Waals surface area (Å²) in [7, 11) is 0. The molecular weight excluding hydrogens is 258 g/mol. The molecule has 1 aliphatic carbocycles. The van der Waals surface area contributed by atoms with E-state index in [-0.39, 0.29) is 12.5 Å². The Hall–Kier alpha value is -1.75. The number of hydrogen-bond donors (Lipinski definition) is 2. The summed E-state index contributed by atoms with van der Waals surface area (Å²) in [5.41, 5.74) is 8.39. The van der Waals surface area contributed by atoms with Crippen LogP contribution in [-0.4, -0.2) is 30.3 Å².